The topological polar surface area (TPSA) is 56.2 Å². The molecule has 0 saturated carbocycles. The van der Waals surface area contributed by atoms with Crippen LogP contribution in [0.3, 0.4) is 0 Å². The molecule has 2 heterocycles. The third-order valence-corrected chi connectivity index (χ3v) is 6.33. The number of benzene rings is 2. The third-order valence-electron chi connectivity index (χ3n) is 5.30. The minimum Gasteiger partial charge on any atom is -0.331 e. The van der Waals surface area contributed by atoms with Gasteiger partial charge in [0.05, 0.1) is 6.54 Å². The minimum atomic E-state index is -0.603. The zero-order chi connectivity index (χ0) is 20.7. The van der Waals surface area contributed by atoms with Crippen LogP contribution in [0, 0.1) is 6.92 Å². The minimum absolute atomic E-state index is 0.225. The maximum atomic E-state index is 13.4. The summed E-state index contributed by atoms with van der Waals surface area (Å²) >= 11 is 9.79. The molecule has 0 bridgehead atoms. The lowest BCUT2D eigenvalue weighted by Gasteiger charge is -2.41. The molecule has 29 heavy (non-hydrogen) atoms. The summed E-state index contributed by atoms with van der Waals surface area (Å²) in [5.74, 6) is -0.260. The van der Waals surface area contributed by atoms with Gasteiger partial charge in [0.1, 0.15) is 0 Å². The summed E-state index contributed by atoms with van der Waals surface area (Å²) in [6.45, 7) is 2.64. The van der Waals surface area contributed by atoms with Crippen LogP contribution in [0.15, 0.2) is 53.5 Å². The van der Waals surface area contributed by atoms with Gasteiger partial charge >= 0.3 is 6.03 Å². The van der Waals surface area contributed by atoms with Crippen molar-refractivity contribution in [1.29, 1.82) is 0 Å². The Labute approximate surface area is 182 Å². The number of amidine groups is 1. The van der Waals surface area contributed by atoms with Crippen molar-refractivity contribution in [2.75, 3.05) is 7.05 Å². The number of imide groups is 1. The summed E-state index contributed by atoms with van der Waals surface area (Å²) in [7, 11) is 1.68. The van der Waals surface area contributed by atoms with Gasteiger partial charge in [-0.15, -0.1) is 0 Å². The van der Waals surface area contributed by atoms with Crippen molar-refractivity contribution in [1.82, 2.24) is 14.7 Å². The van der Waals surface area contributed by atoms with E-state index in [1.807, 2.05) is 60.4 Å². The number of aryl methyl sites for hydroxylation is 1. The van der Waals surface area contributed by atoms with Crippen molar-refractivity contribution >= 4 is 44.2 Å². The smallest absolute Gasteiger partial charge is 0.328 e. The molecule has 1 saturated heterocycles. The average Bonchev–Trinajstić information content (AvgIpc) is 3.03. The first-order valence-electron chi connectivity index (χ1n) is 9.24. The summed E-state index contributed by atoms with van der Waals surface area (Å²) < 4.78 is 0.539. The van der Waals surface area contributed by atoms with E-state index >= 15 is 0 Å². The van der Waals surface area contributed by atoms with Gasteiger partial charge in [-0.25, -0.2) is 9.79 Å². The van der Waals surface area contributed by atoms with Crippen LogP contribution in [0.2, 0.25) is 5.02 Å². The summed E-state index contributed by atoms with van der Waals surface area (Å²) in [4.78, 5) is 35.5. The van der Waals surface area contributed by atoms with Gasteiger partial charge in [-0.1, -0.05) is 59.6 Å². The molecule has 2 atom stereocenters. The first-order valence-corrected chi connectivity index (χ1v) is 10.4. The lowest BCUT2D eigenvalue weighted by molar-refractivity contribution is -0.138. The van der Waals surface area contributed by atoms with Crippen LogP contribution in [0.1, 0.15) is 16.7 Å². The molecular formula is C21H20BrClN4O2. The predicted octanol–water partition coefficient (Wildman–Crippen LogP) is 4.00. The zero-order valence-corrected chi connectivity index (χ0v) is 18.4. The molecule has 0 N–H and O–H groups in total. The number of halogens is 2. The highest BCUT2D eigenvalue weighted by molar-refractivity contribution is 9.18. The predicted molar refractivity (Wildman–Crippen MR) is 116 cm³/mol. The third kappa shape index (κ3) is 3.65. The Balaban J connectivity index is 1.62. The second kappa shape index (κ2) is 7.80. The Kier molecular flexibility index (Phi) is 5.36. The molecule has 2 unspecified atom stereocenters. The Hall–Kier alpha value is -2.38. The Morgan fingerprint density at radius 2 is 1.76 bits per heavy atom. The van der Waals surface area contributed by atoms with E-state index in [4.69, 9.17) is 11.6 Å². The van der Waals surface area contributed by atoms with Gasteiger partial charge in [0.15, 0.2) is 17.0 Å². The fraction of sp³-hybridized carbons (Fsp3) is 0.286. The fourth-order valence-corrected chi connectivity index (χ4v) is 4.39. The molecule has 0 spiro atoms. The highest BCUT2D eigenvalue weighted by Crippen LogP contribution is 2.32. The van der Waals surface area contributed by atoms with E-state index in [0.29, 0.717) is 16.3 Å². The lowest BCUT2D eigenvalue weighted by Crippen LogP contribution is -2.64. The normalized spacial score (nSPS) is 21.5. The van der Waals surface area contributed by atoms with Crippen LogP contribution in [-0.4, -0.2) is 50.6 Å². The van der Waals surface area contributed by atoms with Gasteiger partial charge in [0.25, 0.3) is 5.91 Å². The van der Waals surface area contributed by atoms with E-state index in [-0.39, 0.29) is 18.5 Å². The van der Waals surface area contributed by atoms with E-state index in [9.17, 15) is 9.59 Å². The second-order valence-electron chi connectivity index (χ2n) is 7.28. The summed E-state index contributed by atoms with van der Waals surface area (Å²) in [6.07, 6.45) is -0.568. The fourth-order valence-electron chi connectivity index (χ4n) is 3.64. The molecule has 2 aliphatic heterocycles. The molecule has 8 heteroatoms. The van der Waals surface area contributed by atoms with Gasteiger partial charge in [-0.2, -0.15) is 0 Å². The molecule has 3 amide bonds. The number of nitrogens with zero attached hydrogens (tertiary/aromatic N) is 4. The van der Waals surface area contributed by atoms with Crippen molar-refractivity contribution in [3.63, 3.8) is 0 Å². The van der Waals surface area contributed by atoms with Crippen LogP contribution < -0.4 is 0 Å². The number of likely N-dealkylation sites (N-methyl/N-ethyl adjacent to an activating group) is 1. The van der Waals surface area contributed by atoms with Crippen LogP contribution in [0.25, 0.3) is 0 Å². The standard InChI is InChI=1S/C21H20BrClN4O2/c1-13-7-9-14(10-8-13)11-27-19(28)17-18(25(2)21(27)29)24-20(22)26(17)12-15-5-3-4-6-16(15)23/h3-10,17-18H,11-12H2,1-2H3. The van der Waals surface area contributed by atoms with Crippen molar-refractivity contribution < 1.29 is 9.59 Å². The van der Waals surface area contributed by atoms with Crippen LogP contribution in [-0.2, 0) is 17.9 Å². The quantitative estimate of drug-likeness (QED) is 0.628. The number of aliphatic imine (C=N–C) groups is 1. The van der Waals surface area contributed by atoms with E-state index in [2.05, 4.69) is 20.9 Å². The highest BCUT2D eigenvalue weighted by atomic mass is 79.9. The van der Waals surface area contributed by atoms with Crippen molar-refractivity contribution in [2.45, 2.75) is 32.2 Å². The van der Waals surface area contributed by atoms with Crippen molar-refractivity contribution in [3.8, 4) is 0 Å². The highest BCUT2D eigenvalue weighted by Gasteiger charge is 2.51. The molecule has 0 radical (unpaired) electrons. The number of hydrogen-bond donors (Lipinski definition) is 0. The number of carbonyl (C=O) groups excluding carboxylic acids is 2. The first kappa shape index (κ1) is 19.9. The van der Waals surface area contributed by atoms with Crippen LogP contribution in [0.5, 0.6) is 0 Å². The van der Waals surface area contributed by atoms with E-state index in [0.717, 1.165) is 16.7 Å². The molecule has 0 aromatic heterocycles. The Bertz CT molecular complexity index is 994. The Morgan fingerprint density at radius 1 is 1.07 bits per heavy atom. The number of fused-ring (bicyclic) bond motifs is 1. The monoisotopic (exact) mass is 474 g/mol. The van der Waals surface area contributed by atoms with Gasteiger partial charge in [0, 0.05) is 18.6 Å². The molecule has 2 aromatic carbocycles. The molecule has 6 nitrogen and oxygen atoms in total. The van der Waals surface area contributed by atoms with Gasteiger partial charge in [-0.3, -0.25) is 9.69 Å². The maximum Gasteiger partial charge on any atom is 0.328 e. The number of rotatable bonds is 4. The number of urea groups is 1. The Morgan fingerprint density at radius 3 is 2.45 bits per heavy atom. The van der Waals surface area contributed by atoms with Crippen LogP contribution in [0.4, 0.5) is 4.79 Å². The van der Waals surface area contributed by atoms with Gasteiger partial charge in [-0.05, 0) is 40.0 Å². The molecular weight excluding hydrogens is 456 g/mol. The van der Waals surface area contributed by atoms with Gasteiger partial charge < -0.3 is 9.80 Å². The maximum absolute atomic E-state index is 13.4. The SMILES string of the molecule is Cc1ccc(CN2C(=O)C3C(N=C(Br)N3Cc3ccccc3Cl)N(C)C2=O)cc1. The molecule has 4 rings (SSSR count). The van der Waals surface area contributed by atoms with Crippen LogP contribution >= 0.6 is 27.5 Å². The molecule has 2 aliphatic rings. The number of carbonyl (C=O) groups is 2. The molecule has 2 aromatic rings. The zero-order valence-electron chi connectivity index (χ0n) is 16.0. The second-order valence-corrected chi connectivity index (χ2v) is 8.40. The number of hydrogen-bond acceptors (Lipinski definition) is 4. The average molecular weight is 476 g/mol. The van der Waals surface area contributed by atoms with E-state index < -0.39 is 12.2 Å². The summed E-state index contributed by atoms with van der Waals surface area (Å²) in [6, 6.07) is 14.4. The summed E-state index contributed by atoms with van der Waals surface area (Å²) in [5, 5.41) is 0.625. The first-order chi connectivity index (χ1) is 13.9. The molecule has 0 aliphatic carbocycles. The van der Waals surface area contributed by atoms with Gasteiger partial charge in [0.2, 0.25) is 0 Å². The number of amides is 3. The van der Waals surface area contributed by atoms with E-state index in [1.165, 1.54) is 9.80 Å². The van der Waals surface area contributed by atoms with Crippen molar-refractivity contribution in [3.05, 3.63) is 70.2 Å². The summed E-state index contributed by atoms with van der Waals surface area (Å²) in [5.41, 5.74) is 2.92. The van der Waals surface area contributed by atoms with E-state index in [1.54, 1.807) is 7.05 Å². The van der Waals surface area contributed by atoms with Crippen molar-refractivity contribution in [2.24, 2.45) is 4.99 Å². The molecule has 1 fully saturated rings. The lowest BCUT2D eigenvalue weighted by atomic mass is 10.1. The largest absolute Gasteiger partial charge is 0.331 e. The molecule has 150 valence electrons.